The molecule has 0 aliphatic carbocycles. The monoisotopic (exact) mass is 241 g/mol. The molecule has 94 valence electrons. The Morgan fingerprint density at radius 2 is 2.24 bits per heavy atom. The van der Waals surface area contributed by atoms with Gasteiger partial charge in [-0.3, -0.25) is 4.79 Å². The van der Waals surface area contributed by atoms with Gasteiger partial charge in [-0.05, 0) is 19.4 Å². The van der Waals surface area contributed by atoms with Gasteiger partial charge in [-0.1, -0.05) is 0 Å². The molecule has 1 fully saturated rings. The second-order valence-electron chi connectivity index (χ2n) is 3.60. The number of amides is 1. The van der Waals surface area contributed by atoms with E-state index in [0.717, 1.165) is 6.08 Å². The molecule has 0 saturated carbocycles. The SMILES string of the molecule is CCOC(=O)/C=C/C1(C(=O)OC)CCC(=O)N1. The molecule has 17 heavy (non-hydrogen) atoms. The molecular weight excluding hydrogens is 226 g/mol. The van der Waals surface area contributed by atoms with Crippen LogP contribution in [0.2, 0.25) is 0 Å². The first-order valence-corrected chi connectivity index (χ1v) is 5.29. The molecule has 1 atom stereocenters. The minimum atomic E-state index is -1.24. The van der Waals surface area contributed by atoms with Crippen LogP contribution in [0.5, 0.6) is 0 Å². The molecule has 0 spiro atoms. The lowest BCUT2D eigenvalue weighted by Gasteiger charge is -2.21. The summed E-state index contributed by atoms with van der Waals surface area (Å²) in [5, 5.41) is 2.51. The molecule has 0 aromatic rings. The van der Waals surface area contributed by atoms with Crippen molar-refractivity contribution in [1.82, 2.24) is 5.32 Å². The number of hydrogen-bond acceptors (Lipinski definition) is 5. The minimum Gasteiger partial charge on any atom is -0.467 e. The van der Waals surface area contributed by atoms with Crippen LogP contribution in [0.15, 0.2) is 12.2 Å². The summed E-state index contributed by atoms with van der Waals surface area (Å²) in [5.74, 6) is -1.40. The highest BCUT2D eigenvalue weighted by Gasteiger charge is 2.43. The van der Waals surface area contributed by atoms with Crippen molar-refractivity contribution in [2.75, 3.05) is 13.7 Å². The Balaban J connectivity index is 2.82. The standard InChI is InChI=1S/C11H15NO5/c1-3-17-9(14)5-7-11(10(15)16-2)6-4-8(13)12-11/h5,7H,3-4,6H2,1-2H3,(H,12,13)/b7-5+. The predicted octanol–water partition coefficient (Wildman–Crippen LogP) is -0.0725. The van der Waals surface area contributed by atoms with Crippen molar-refractivity contribution >= 4 is 17.8 Å². The fourth-order valence-corrected chi connectivity index (χ4v) is 1.61. The molecule has 6 nitrogen and oxygen atoms in total. The van der Waals surface area contributed by atoms with Crippen LogP contribution in [0.4, 0.5) is 0 Å². The largest absolute Gasteiger partial charge is 0.467 e. The smallest absolute Gasteiger partial charge is 0.335 e. The fourth-order valence-electron chi connectivity index (χ4n) is 1.61. The number of carbonyl (C=O) groups is 3. The highest BCUT2D eigenvalue weighted by Crippen LogP contribution is 2.23. The molecule has 1 heterocycles. The van der Waals surface area contributed by atoms with E-state index in [1.165, 1.54) is 13.2 Å². The lowest BCUT2D eigenvalue weighted by Crippen LogP contribution is -2.48. The Morgan fingerprint density at radius 1 is 1.53 bits per heavy atom. The van der Waals surface area contributed by atoms with Crippen LogP contribution < -0.4 is 5.32 Å². The number of carbonyl (C=O) groups excluding carboxylic acids is 3. The number of rotatable bonds is 4. The number of hydrogen-bond donors (Lipinski definition) is 1. The summed E-state index contributed by atoms with van der Waals surface area (Å²) in [7, 11) is 1.23. The Hall–Kier alpha value is -1.85. The summed E-state index contributed by atoms with van der Waals surface area (Å²) < 4.78 is 9.32. The molecule has 0 bridgehead atoms. The first-order valence-electron chi connectivity index (χ1n) is 5.29. The summed E-state index contributed by atoms with van der Waals surface area (Å²) in [4.78, 5) is 34.0. The zero-order valence-corrected chi connectivity index (χ0v) is 9.82. The molecule has 1 N–H and O–H groups in total. The fraction of sp³-hybridized carbons (Fsp3) is 0.545. The van der Waals surface area contributed by atoms with Crippen LogP contribution in [-0.2, 0) is 23.9 Å². The summed E-state index contributed by atoms with van der Waals surface area (Å²) in [6, 6.07) is 0. The average molecular weight is 241 g/mol. The van der Waals surface area contributed by atoms with E-state index in [1.54, 1.807) is 6.92 Å². The van der Waals surface area contributed by atoms with Gasteiger partial charge in [0.15, 0.2) is 5.54 Å². The molecular formula is C11H15NO5. The quantitative estimate of drug-likeness (QED) is 0.550. The van der Waals surface area contributed by atoms with Gasteiger partial charge < -0.3 is 14.8 Å². The van der Waals surface area contributed by atoms with Crippen molar-refractivity contribution in [1.29, 1.82) is 0 Å². The lowest BCUT2D eigenvalue weighted by molar-refractivity contribution is -0.146. The van der Waals surface area contributed by atoms with Gasteiger partial charge in [-0.15, -0.1) is 0 Å². The Bertz CT molecular complexity index is 363. The normalized spacial score (nSPS) is 23.5. The van der Waals surface area contributed by atoms with Crippen molar-refractivity contribution in [2.24, 2.45) is 0 Å². The molecule has 1 rings (SSSR count). The van der Waals surface area contributed by atoms with Gasteiger partial charge in [0, 0.05) is 12.5 Å². The maximum Gasteiger partial charge on any atom is 0.335 e. The first-order chi connectivity index (χ1) is 8.04. The molecule has 0 radical (unpaired) electrons. The van der Waals surface area contributed by atoms with Gasteiger partial charge in [0.05, 0.1) is 13.7 Å². The third kappa shape index (κ3) is 3.05. The van der Waals surface area contributed by atoms with Gasteiger partial charge in [0.25, 0.3) is 0 Å². The molecule has 1 amide bonds. The highest BCUT2D eigenvalue weighted by atomic mass is 16.5. The second-order valence-corrected chi connectivity index (χ2v) is 3.60. The van der Waals surface area contributed by atoms with Crippen LogP contribution in [0.25, 0.3) is 0 Å². The molecule has 1 saturated heterocycles. The topological polar surface area (TPSA) is 81.7 Å². The van der Waals surface area contributed by atoms with E-state index in [0.29, 0.717) is 0 Å². The zero-order valence-electron chi connectivity index (χ0n) is 9.82. The van der Waals surface area contributed by atoms with Gasteiger partial charge in [-0.2, -0.15) is 0 Å². The second kappa shape index (κ2) is 5.47. The Kier molecular flexibility index (Phi) is 4.25. The van der Waals surface area contributed by atoms with Crippen molar-refractivity contribution < 1.29 is 23.9 Å². The van der Waals surface area contributed by atoms with Crippen molar-refractivity contribution in [3.8, 4) is 0 Å². The third-order valence-corrected chi connectivity index (χ3v) is 2.45. The number of nitrogens with one attached hydrogen (secondary N) is 1. The van der Waals surface area contributed by atoms with Crippen molar-refractivity contribution in [3.63, 3.8) is 0 Å². The summed E-state index contributed by atoms with van der Waals surface area (Å²) >= 11 is 0. The van der Waals surface area contributed by atoms with E-state index in [9.17, 15) is 14.4 Å². The molecule has 0 aromatic heterocycles. The van der Waals surface area contributed by atoms with E-state index in [-0.39, 0.29) is 25.4 Å². The molecule has 1 unspecified atom stereocenters. The Labute approximate surface area is 99.0 Å². The van der Waals surface area contributed by atoms with E-state index in [4.69, 9.17) is 4.74 Å². The molecule has 0 aromatic carbocycles. The van der Waals surface area contributed by atoms with Gasteiger partial charge in [-0.25, -0.2) is 9.59 Å². The van der Waals surface area contributed by atoms with Crippen molar-refractivity contribution in [2.45, 2.75) is 25.3 Å². The third-order valence-electron chi connectivity index (χ3n) is 2.45. The maximum atomic E-state index is 11.6. The van der Waals surface area contributed by atoms with E-state index >= 15 is 0 Å². The van der Waals surface area contributed by atoms with Gasteiger partial charge >= 0.3 is 11.9 Å². The van der Waals surface area contributed by atoms with Gasteiger partial charge in [0.2, 0.25) is 5.91 Å². The minimum absolute atomic E-state index is 0.224. The first kappa shape index (κ1) is 13.2. The zero-order chi connectivity index (χ0) is 12.9. The molecule has 1 aliphatic rings. The summed E-state index contributed by atoms with van der Waals surface area (Å²) in [6.07, 6.45) is 2.95. The van der Waals surface area contributed by atoms with Crippen LogP contribution >= 0.6 is 0 Å². The van der Waals surface area contributed by atoms with E-state index in [1.807, 2.05) is 0 Å². The summed E-state index contributed by atoms with van der Waals surface area (Å²) in [5.41, 5.74) is -1.24. The number of esters is 2. The van der Waals surface area contributed by atoms with Crippen LogP contribution in [-0.4, -0.2) is 37.1 Å². The lowest BCUT2D eigenvalue weighted by atomic mass is 9.97. The van der Waals surface area contributed by atoms with Gasteiger partial charge in [0.1, 0.15) is 0 Å². The number of methoxy groups -OCH3 is 1. The maximum absolute atomic E-state index is 11.6. The number of ether oxygens (including phenoxy) is 2. The molecule has 1 aliphatic heterocycles. The van der Waals surface area contributed by atoms with E-state index < -0.39 is 17.5 Å². The molecule has 6 heteroatoms. The predicted molar refractivity (Wildman–Crippen MR) is 57.9 cm³/mol. The summed E-state index contributed by atoms with van der Waals surface area (Å²) in [6.45, 7) is 1.93. The van der Waals surface area contributed by atoms with Crippen molar-refractivity contribution in [3.05, 3.63) is 12.2 Å². The van der Waals surface area contributed by atoms with E-state index in [2.05, 4.69) is 10.1 Å². The average Bonchev–Trinajstić information content (AvgIpc) is 2.69. The van der Waals surface area contributed by atoms with Crippen LogP contribution in [0, 0.1) is 0 Å². The Morgan fingerprint density at radius 3 is 2.71 bits per heavy atom. The highest BCUT2D eigenvalue weighted by molar-refractivity contribution is 5.95. The van der Waals surface area contributed by atoms with Crippen LogP contribution in [0.3, 0.4) is 0 Å². The van der Waals surface area contributed by atoms with Crippen LogP contribution in [0.1, 0.15) is 19.8 Å².